The van der Waals surface area contributed by atoms with Gasteiger partial charge in [0.05, 0.1) is 12.3 Å². The first-order valence-corrected chi connectivity index (χ1v) is 8.91. The number of aryl methyl sites for hydroxylation is 1. The van der Waals surface area contributed by atoms with Crippen molar-refractivity contribution in [3.05, 3.63) is 59.5 Å². The molecule has 3 rings (SSSR count). The zero-order valence-electron chi connectivity index (χ0n) is 15.3. The maximum atomic E-state index is 5.57. The minimum Gasteiger partial charge on any atom is -0.468 e. The van der Waals surface area contributed by atoms with E-state index < -0.39 is 0 Å². The second kappa shape index (κ2) is 8.21. The molecule has 2 aromatic rings. The lowest BCUT2D eigenvalue weighted by Gasteiger charge is -2.28. The van der Waals surface area contributed by atoms with Crippen LogP contribution in [0.4, 0.5) is 0 Å². The summed E-state index contributed by atoms with van der Waals surface area (Å²) >= 11 is 0. The van der Waals surface area contributed by atoms with Gasteiger partial charge in [0.15, 0.2) is 5.96 Å². The van der Waals surface area contributed by atoms with E-state index in [0.29, 0.717) is 6.04 Å². The molecule has 25 heavy (non-hydrogen) atoms. The first-order valence-electron chi connectivity index (χ1n) is 8.91. The van der Waals surface area contributed by atoms with Crippen LogP contribution in [0, 0.1) is 0 Å². The fourth-order valence-electron chi connectivity index (χ4n) is 3.42. The molecule has 0 aliphatic heterocycles. The minimum absolute atomic E-state index is 0.167. The molecule has 0 bridgehead atoms. The molecule has 1 aromatic carbocycles. The molecule has 0 fully saturated rings. The van der Waals surface area contributed by atoms with Crippen LogP contribution in [0.15, 0.2) is 52.1 Å². The Balaban J connectivity index is 1.57. The van der Waals surface area contributed by atoms with Crippen LogP contribution >= 0.6 is 0 Å². The van der Waals surface area contributed by atoms with Gasteiger partial charge in [-0.25, -0.2) is 0 Å². The van der Waals surface area contributed by atoms with Crippen LogP contribution < -0.4 is 10.6 Å². The van der Waals surface area contributed by atoms with Crippen molar-refractivity contribution in [3.63, 3.8) is 0 Å². The van der Waals surface area contributed by atoms with Crippen molar-refractivity contribution in [2.24, 2.45) is 4.99 Å². The van der Waals surface area contributed by atoms with Gasteiger partial charge in [0, 0.05) is 19.6 Å². The topological polar surface area (TPSA) is 52.8 Å². The third-order valence-electron chi connectivity index (χ3n) is 4.87. The van der Waals surface area contributed by atoms with Gasteiger partial charge < -0.3 is 15.1 Å². The van der Waals surface area contributed by atoms with Gasteiger partial charge >= 0.3 is 0 Å². The normalized spacial score (nSPS) is 18.7. The van der Waals surface area contributed by atoms with Crippen molar-refractivity contribution in [1.29, 1.82) is 0 Å². The van der Waals surface area contributed by atoms with Crippen LogP contribution in [0.5, 0.6) is 0 Å². The summed E-state index contributed by atoms with van der Waals surface area (Å²) in [6, 6.07) is 13.3. The SMILES string of the molecule is CN=C(NCC(c1ccco1)N(C)C)NC1CCc2ccccc2C1. The van der Waals surface area contributed by atoms with Crippen LogP contribution in [0.2, 0.25) is 0 Å². The molecular formula is C20H28N4O. The number of hydrogen-bond donors (Lipinski definition) is 2. The number of aliphatic imine (C=N–C) groups is 1. The molecule has 0 radical (unpaired) electrons. The first-order chi connectivity index (χ1) is 12.2. The fourth-order valence-corrected chi connectivity index (χ4v) is 3.42. The predicted octanol–water partition coefficient (Wildman–Crippen LogP) is 2.60. The highest BCUT2D eigenvalue weighted by atomic mass is 16.3. The molecule has 1 aliphatic rings. The van der Waals surface area contributed by atoms with Crippen molar-refractivity contribution < 1.29 is 4.42 Å². The number of hydrogen-bond acceptors (Lipinski definition) is 3. The van der Waals surface area contributed by atoms with Gasteiger partial charge in [-0.05, 0) is 56.6 Å². The van der Waals surface area contributed by atoms with Crippen molar-refractivity contribution in [1.82, 2.24) is 15.5 Å². The summed E-state index contributed by atoms with van der Waals surface area (Å²) in [6.45, 7) is 0.740. The zero-order chi connectivity index (χ0) is 17.6. The number of furan rings is 1. The molecule has 0 amide bonds. The highest BCUT2D eigenvalue weighted by Gasteiger charge is 2.21. The molecular weight excluding hydrogens is 312 g/mol. The Morgan fingerprint density at radius 1 is 1.24 bits per heavy atom. The molecule has 0 saturated heterocycles. The van der Waals surface area contributed by atoms with Gasteiger partial charge in [-0.15, -0.1) is 0 Å². The van der Waals surface area contributed by atoms with Gasteiger partial charge in [0.1, 0.15) is 5.76 Å². The first kappa shape index (κ1) is 17.5. The van der Waals surface area contributed by atoms with E-state index >= 15 is 0 Å². The third-order valence-corrected chi connectivity index (χ3v) is 4.87. The Kier molecular flexibility index (Phi) is 5.76. The van der Waals surface area contributed by atoms with Gasteiger partial charge in [-0.1, -0.05) is 24.3 Å². The third kappa shape index (κ3) is 4.42. The summed E-state index contributed by atoms with van der Waals surface area (Å²) in [6.07, 6.45) is 5.02. The van der Waals surface area contributed by atoms with E-state index in [2.05, 4.69) is 58.9 Å². The molecule has 134 valence electrons. The van der Waals surface area contributed by atoms with Crippen molar-refractivity contribution in [2.75, 3.05) is 27.7 Å². The van der Waals surface area contributed by atoms with E-state index in [9.17, 15) is 0 Å². The molecule has 1 heterocycles. The Morgan fingerprint density at radius 2 is 2.04 bits per heavy atom. The monoisotopic (exact) mass is 340 g/mol. The van der Waals surface area contributed by atoms with Gasteiger partial charge in [-0.3, -0.25) is 9.89 Å². The summed E-state index contributed by atoms with van der Waals surface area (Å²) in [7, 11) is 5.94. The maximum absolute atomic E-state index is 5.57. The van der Waals surface area contributed by atoms with E-state index in [1.807, 2.05) is 19.2 Å². The number of nitrogens with one attached hydrogen (secondary N) is 2. The number of likely N-dealkylation sites (N-methyl/N-ethyl adjacent to an activating group) is 1. The quantitative estimate of drug-likeness (QED) is 0.649. The van der Waals surface area contributed by atoms with E-state index in [4.69, 9.17) is 4.42 Å². The van der Waals surface area contributed by atoms with E-state index in [-0.39, 0.29) is 6.04 Å². The minimum atomic E-state index is 0.167. The number of fused-ring (bicyclic) bond motifs is 1. The van der Waals surface area contributed by atoms with Crippen LogP contribution in [-0.2, 0) is 12.8 Å². The van der Waals surface area contributed by atoms with E-state index in [1.54, 1.807) is 6.26 Å². The van der Waals surface area contributed by atoms with E-state index in [1.165, 1.54) is 11.1 Å². The standard InChI is InChI=1S/C20H28N4O/c1-21-20(22-14-18(24(2)3)19-9-6-12-25-19)23-17-11-10-15-7-4-5-8-16(15)13-17/h4-9,12,17-18H,10-11,13-14H2,1-3H3,(H2,21,22,23). The van der Waals surface area contributed by atoms with Crippen molar-refractivity contribution >= 4 is 5.96 Å². The Morgan fingerprint density at radius 3 is 2.72 bits per heavy atom. The lowest BCUT2D eigenvalue weighted by atomic mass is 9.88. The number of rotatable bonds is 5. The molecule has 5 heteroatoms. The molecule has 1 aromatic heterocycles. The highest BCUT2D eigenvalue weighted by Crippen LogP contribution is 2.21. The second-order valence-corrected chi connectivity index (χ2v) is 6.80. The van der Waals surface area contributed by atoms with Gasteiger partial charge in [0.2, 0.25) is 0 Å². The summed E-state index contributed by atoms with van der Waals surface area (Å²) in [4.78, 5) is 6.54. The van der Waals surface area contributed by atoms with Crippen LogP contribution in [-0.4, -0.2) is 44.6 Å². The summed E-state index contributed by atoms with van der Waals surface area (Å²) in [5.74, 6) is 1.81. The van der Waals surface area contributed by atoms with Crippen LogP contribution in [0.1, 0.15) is 29.3 Å². The zero-order valence-corrected chi connectivity index (χ0v) is 15.3. The van der Waals surface area contributed by atoms with Crippen molar-refractivity contribution in [2.45, 2.75) is 31.3 Å². The summed E-state index contributed by atoms with van der Waals surface area (Å²) in [5.41, 5.74) is 2.93. The summed E-state index contributed by atoms with van der Waals surface area (Å²) in [5, 5.41) is 7.02. The Labute approximate surface area is 150 Å². The van der Waals surface area contributed by atoms with Crippen LogP contribution in [0.3, 0.4) is 0 Å². The average Bonchev–Trinajstić information content (AvgIpc) is 3.14. The van der Waals surface area contributed by atoms with Crippen molar-refractivity contribution in [3.8, 4) is 0 Å². The lowest BCUT2D eigenvalue weighted by Crippen LogP contribution is -2.47. The van der Waals surface area contributed by atoms with Crippen LogP contribution in [0.25, 0.3) is 0 Å². The molecule has 2 N–H and O–H groups in total. The van der Waals surface area contributed by atoms with Gasteiger partial charge in [0.25, 0.3) is 0 Å². The smallest absolute Gasteiger partial charge is 0.191 e. The fraction of sp³-hybridized carbons (Fsp3) is 0.450. The highest BCUT2D eigenvalue weighted by molar-refractivity contribution is 5.80. The Hall–Kier alpha value is -2.27. The molecule has 1 aliphatic carbocycles. The molecule has 0 spiro atoms. The predicted molar refractivity (Wildman–Crippen MR) is 102 cm³/mol. The lowest BCUT2D eigenvalue weighted by molar-refractivity contribution is 0.258. The largest absolute Gasteiger partial charge is 0.468 e. The maximum Gasteiger partial charge on any atom is 0.191 e. The molecule has 0 saturated carbocycles. The molecule has 2 unspecified atom stereocenters. The number of guanidine groups is 1. The number of benzene rings is 1. The number of nitrogens with zero attached hydrogens (tertiary/aromatic N) is 2. The summed E-state index contributed by atoms with van der Waals surface area (Å²) < 4.78 is 5.57. The molecule has 5 nitrogen and oxygen atoms in total. The molecule has 2 atom stereocenters. The average molecular weight is 340 g/mol. The van der Waals surface area contributed by atoms with Gasteiger partial charge in [-0.2, -0.15) is 0 Å². The second-order valence-electron chi connectivity index (χ2n) is 6.80. The Bertz CT molecular complexity index is 693. The van der Waals surface area contributed by atoms with E-state index in [0.717, 1.165) is 37.5 Å².